The molecule has 0 aliphatic rings. The van der Waals surface area contributed by atoms with Gasteiger partial charge >= 0.3 is 0 Å². The molecule has 0 atom stereocenters. The first kappa shape index (κ1) is 32.2. The van der Waals surface area contributed by atoms with Gasteiger partial charge in [-0.3, -0.25) is 0 Å². The molecule has 0 unspecified atom stereocenters. The molecule has 0 saturated carbocycles. The molecule has 0 aliphatic carbocycles. The first-order valence-corrected chi connectivity index (χ1v) is 17.5. The van der Waals surface area contributed by atoms with E-state index in [9.17, 15) is 0 Å². The largest absolute Gasteiger partial charge is 0.356 e. The molecule has 0 saturated heterocycles. The predicted octanol–water partition coefficient (Wildman–Crippen LogP) is 13.8. The van der Waals surface area contributed by atoms with Crippen molar-refractivity contribution in [1.82, 2.24) is 0 Å². The lowest BCUT2D eigenvalue weighted by atomic mass is 10.1. The topological polar surface area (TPSA) is 21.8 Å². The Balaban J connectivity index is 1.13. The van der Waals surface area contributed by atoms with E-state index in [1.165, 1.54) is 0 Å². The van der Waals surface area contributed by atoms with Gasteiger partial charge in [-0.2, -0.15) is 0 Å². The third kappa shape index (κ3) is 7.14. The van der Waals surface area contributed by atoms with E-state index in [0.717, 1.165) is 62.6 Å². The Morgan fingerprint density at radius 3 is 0.654 bits per heavy atom. The average Bonchev–Trinajstić information content (AvgIpc) is 3.22. The van der Waals surface area contributed by atoms with Crippen LogP contribution in [0.15, 0.2) is 224 Å². The fourth-order valence-electron chi connectivity index (χ4n) is 6.53. The third-order valence-corrected chi connectivity index (χ3v) is 8.98. The highest BCUT2D eigenvalue weighted by atomic mass is 15.2. The molecular formula is C48H38N4. The van der Waals surface area contributed by atoms with E-state index in [1.54, 1.807) is 0 Å². The number of anilines is 11. The second-order valence-corrected chi connectivity index (χ2v) is 12.4. The van der Waals surface area contributed by atoms with E-state index < -0.39 is 0 Å². The molecule has 0 heterocycles. The Morgan fingerprint density at radius 2 is 0.385 bits per heavy atom. The Morgan fingerprint density at radius 1 is 0.192 bits per heavy atom. The van der Waals surface area contributed by atoms with Gasteiger partial charge in [0.25, 0.3) is 0 Å². The normalized spacial score (nSPS) is 10.7. The van der Waals surface area contributed by atoms with Crippen molar-refractivity contribution in [2.45, 2.75) is 0 Å². The summed E-state index contributed by atoms with van der Waals surface area (Å²) >= 11 is 0. The van der Waals surface area contributed by atoms with Crippen molar-refractivity contribution >= 4 is 62.6 Å². The minimum absolute atomic E-state index is 1.04. The molecule has 0 aliphatic heterocycles. The van der Waals surface area contributed by atoms with Crippen molar-refractivity contribution < 1.29 is 0 Å². The van der Waals surface area contributed by atoms with E-state index >= 15 is 0 Å². The molecule has 52 heavy (non-hydrogen) atoms. The Kier molecular flexibility index (Phi) is 9.43. The van der Waals surface area contributed by atoms with Gasteiger partial charge in [-0.15, -0.1) is 0 Å². The van der Waals surface area contributed by atoms with Crippen molar-refractivity contribution in [3.05, 3.63) is 224 Å². The highest BCUT2D eigenvalue weighted by Gasteiger charge is 2.17. The van der Waals surface area contributed by atoms with Gasteiger partial charge < -0.3 is 20.0 Å². The Bertz CT molecular complexity index is 2240. The molecule has 0 radical (unpaired) electrons. The van der Waals surface area contributed by atoms with Crippen molar-refractivity contribution in [3.63, 3.8) is 0 Å². The van der Waals surface area contributed by atoms with Crippen molar-refractivity contribution in [1.29, 1.82) is 0 Å². The molecular weight excluding hydrogens is 633 g/mol. The summed E-state index contributed by atoms with van der Waals surface area (Å²) in [5, 5.41) is 3.50. The molecule has 1 N–H and O–H groups in total. The van der Waals surface area contributed by atoms with E-state index in [0.29, 0.717) is 0 Å². The zero-order valence-corrected chi connectivity index (χ0v) is 28.7. The van der Waals surface area contributed by atoms with Crippen LogP contribution in [0.2, 0.25) is 0 Å². The van der Waals surface area contributed by atoms with Crippen LogP contribution in [0, 0.1) is 0 Å². The van der Waals surface area contributed by atoms with Gasteiger partial charge in [-0.05, 0) is 133 Å². The monoisotopic (exact) mass is 670 g/mol. The minimum Gasteiger partial charge on any atom is -0.356 e. The fourth-order valence-corrected chi connectivity index (χ4v) is 6.53. The number of para-hydroxylation sites is 5. The van der Waals surface area contributed by atoms with Gasteiger partial charge in [0, 0.05) is 62.6 Å². The number of hydrogen-bond acceptors (Lipinski definition) is 4. The number of nitrogens with one attached hydrogen (secondary N) is 1. The van der Waals surface area contributed by atoms with Crippen molar-refractivity contribution in [2.75, 3.05) is 20.0 Å². The second-order valence-electron chi connectivity index (χ2n) is 12.4. The summed E-state index contributed by atoms with van der Waals surface area (Å²) in [7, 11) is 0. The standard InChI is InChI=1S/C48H38N4/c1-6-16-38(17-7-1)49-39-26-28-44(29-27-39)51(42-22-12-4-13-23-42)46-34-36-48(37-35-46)52(43-24-14-5-15-25-43)47-32-30-45(31-33-47)50(40-18-8-2-9-19-40)41-20-10-3-11-21-41/h1-37,49H. The first-order valence-electron chi connectivity index (χ1n) is 17.5. The van der Waals surface area contributed by atoms with Gasteiger partial charge in [0.1, 0.15) is 0 Å². The first-order chi connectivity index (χ1) is 25.8. The molecule has 8 rings (SSSR count). The van der Waals surface area contributed by atoms with Crippen LogP contribution in [0.3, 0.4) is 0 Å². The molecule has 0 fully saturated rings. The highest BCUT2D eigenvalue weighted by Crippen LogP contribution is 2.41. The summed E-state index contributed by atoms with van der Waals surface area (Å²) in [5.74, 6) is 0. The maximum absolute atomic E-state index is 3.50. The van der Waals surface area contributed by atoms with Crippen LogP contribution < -0.4 is 20.0 Å². The van der Waals surface area contributed by atoms with Crippen LogP contribution in [-0.2, 0) is 0 Å². The van der Waals surface area contributed by atoms with Gasteiger partial charge in [0.2, 0.25) is 0 Å². The molecule has 0 amide bonds. The molecule has 4 heteroatoms. The van der Waals surface area contributed by atoms with Crippen LogP contribution in [0.4, 0.5) is 62.6 Å². The molecule has 0 aromatic heterocycles. The third-order valence-electron chi connectivity index (χ3n) is 8.98. The maximum atomic E-state index is 3.50. The summed E-state index contributed by atoms with van der Waals surface area (Å²) in [6, 6.07) is 78.6. The van der Waals surface area contributed by atoms with E-state index in [1.807, 2.05) is 18.2 Å². The van der Waals surface area contributed by atoms with Gasteiger partial charge in [0.15, 0.2) is 0 Å². The lowest BCUT2D eigenvalue weighted by Crippen LogP contribution is -2.13. The molecule has 0 bridgehead atoms. The number of nitrogens with zero attached hydrogens (tertiary/aromatic N) is 3. The summed E-state index contributed by atoms with van der Waals surface area (Å²) in [6.45, 7) is 0. The van der Waals surface area contributed by atoms with Gasteiger partial charge in [0.05, 0.1) is 0 Å². The van der Waals surface area contributed by atoms with E-state index in [-0.39, 0.29) is 0 Å². The van der Waals surface area contributed by atoms with Crippen molar-refractivity contribution in [3.8, 4) is 0 Å². The lowest BCUT2D eigenvalue weighted by Gasteiger charge is -2.29. The quantitative estimate of drug-likeness (QED) is 0.148. The second kappa shape index (κ2) is 15.2. The Labute approximate surface area is 306 Å². The predicted molar refractivity (Wildman–Crippen MR) is 220 cm³/mol. The van der Waals surface area contributed by atoms with Crippen LogP contribution >= 0.6 is 0 Å². The van der Waals surface area contributed by atoms with Crippen LogP contribution in [0.25, 0.3) is 0 Å². The highest BCUT2D eigenvalue weighted by molar-refractivity contribution is 5.83. The number of hydrogen-bond donors (Lipinski definition) is 1. The molecule has 250 valence electrons. The maximum Gasteiger partial charge on any atom is 0.0463 e. The van der Waals surface area contributed by atoms with Crippen LogP contribution in [0.1, 0.15) is 0 Å². The zero-order chi connectivity index (χ0) is 35.0. The minimum atomic E-state index is 1.04. The molecule has 8 aromatic rings. The summed E-state index contributed by atoms with van der Waals surface area (Å²) in [6.07, 6.45) is 0. The summed E-state index contributed by atoms with van der Waals surface area (Å²) < 4.78 is 0. The lowest BCUT2D eigenvalue weighted by molar-refractivity contribution is 1.24. The zero-order valence-electron chi connectivity index (χ0n) is 28.7. The van der Waals surface area contributed by atoms with Gasteiger partial charge in [-0.1, -0.05) is 91.0 Å². The number of rotatable bonds is 11. The summed E-state index contributed by atoms with van der Waals surface area (Å²) in [4.78, 5) is 6.88. The van der Waals surface area contributed by atoms with Gasteiger partial charge in [-0.25, -0.2) is 0 Å². The smallest absolute Gasteiger partial charge is 0.0463 e. The van der Waals surface area contributed by atoms with E-state index in [4.69, 9.17) is 0 Å². The van der Waals surface area contributed by atoms with Crippen LogP contribution in [-0.4, -0.2) is 0 Å². The molecule has 0 spiro atoms. The van der Waals surface area contributed by atoms with Crippen LogP contribution in [0.5, 0.6) is 0 Å². The fraction of sp³-hybridized carbons (Fsp3) is 0. The Hall–Kier alpha value is -7.04. The van der Waals surface area contributed by atoms with Crippen molar-refractivity contribution in [2.24, 2.45) is 0 Å². The summed E-state index contributed by atoms with van der Waals surface area (Å²) in [5.41, 5.74) is 11.9. The number of benzene rings is 8. The van der Waals surface area contributed by atoms with E-state index in [2.05, 4.69) is 226 Å². The molecule has 4 nitrogen and oxygen atoms in total. The molecule has 8 aromatic carbocycles. The average molecular weight is 671 g/mol. The SMILES string of the molecule is c1ccc(Nc2ccc(N(c3ccccc3)c3ccc(N(c4ccccc4)c4ccc(N(c5ccccc5)c5ccccc5)cc4)cc3)cc2)cc1.